The quantitative estimate of drug-likeness (QED) is 0.375. The van der Waals surface area contributed by atoms with E-state index in [1.807, 2.05) is 17.8 Å². The van der Waals surface area contributed by atoms with Crippen molar-refractivity contribution in [2.24, 2.45) is 7.05 Å². The van der Waals surface area contributed by atoms with Crippen molar-refractivity contribution in [2.75, 3.05) is 25.6 Å². The third-order valence-electron chi connectivity index (χ3n) is 4.11. The second kappa shape index (κ2) is 9.92. The summed E-state index contributed by atoms with van der Waals surface area (Å²) in [4.78, 5) is 16.8. The van der Waals surface area contributed by atoms with Crippen LogP contribution in [0.15, 0.2) is 52.3 Å². The van der Waals surface area contributed by atoms with Crippen LogP contribution in [0.4, 0.5) is 18.9 Å². The molecule has 166 valence electrons. The second-order valence-corrected chi connectivity index (χ2v) is 7.32. The summed E-state index contributed by atoms with van der Waals surface area (Å²) in [5.74, 6) is 0.335. The lowest BCUT2D eigenvalue weighted by Gasteiger charge is -2.15. The molecule has 7 nitrogen and oxygen atoms in total. The first kappa shape index (κ1) is 22.8. The molecule has 0 aliphatic heterocycles. The van der Waals surface area contributed by atoms with E-state index in [9.17, 15) is 18.0 Å². The van der Waals surface area contributed by atoms with Gasteiger partial charge in [-0.1, -0.05) is 11.8 Å². The van der Waals surface area contributed by atoms with E-state index in [0.29, 0.717) is 11.5 Å². The van der Waals surface area contributed by atoms with E-state index in [1.165, 1.54) is 24.9 Å². The van der Waals surface area contributed by atoms with Gasteiger partial charge in [-0.05, 0) is 30.3 Å². The molecule has 0 bridgehead atoms. The Labute approximate surface area is 180 Å². The van der Waals surface area contributed by atoms with E-state index in [4.69, 9.17) is 13.9 Å². The number of nitrogens with zero attached hydrogens (tertiary/aromatic N) is 2. The Kier molecular flexibility index (Phi) is 7.29. The Balaban J connectivity index is 1.72. The monoisotopic (exact) mass is 455 g/mol. The molecule has 0 spiro atoms. The number of imidazole rings is 1. The number of benzene rings is 1. The standard InChI is InChI=1S/C20H20F3N3O4S/c1-26-8-7-24-19(26)31-12-14-4-6-17(30-14)18(27)25-15-11-13(20(21,22)23)3-5-16(15)29-10-9-28-2/h3-8,11H,9-10,12H2,1-2H3,(H,25,27). The number of hydrogen-bond acceptors (Lipinski definition) is 6. The number of halogens is 3. The van der Waals surface area contributed by atoms with Gasteiger partial charge in [0, 0.05) is 26.6 Å². The molecule has 1 amide bonds. The minimum Gasteiger partial charge on any atom is -0.489 e. The number of anilines is 1. The molecule has 0 saturated carbocycles. The molecule has 0 saturated heterocycles. The maximum atomic E-state index is 13.1. The van der Waals surface area contributed by atoms with Gasteiger partial charge in [0.2, 0.25) is 0 Å². The van der Waals surface area contributed by atoms with Crippen LogP contribution in [0.5, 0.6) is 5.75 Å². The van der Waals surface area contributed by atoms with Crippen molar-refractivity contribution in [1.29, 1.82) is 0 Å². The van der Waals surface area contributed by atoms with Crippen molar-refractivity contribution >= 4 is 23.4 Å². The molecule has 31 heavy (non-hydrogen) atoms. The minimum atomic E-state index is -4.56. The van der Waals surface area contributed by atoms with Crippen LogP contribution >= 0.6 is 11.8 Å². The second-order valence-electron chi connectivity index (χ2n) is 6.38. The summed E-state index contributed by atoms with van der Waals surface area (Å²) >= 11 is 1.42. The van der Waals surface area contributed by atoms with E-state index in [-0.39, 0.29) is 30.4 Å². The Morgan fingerprint density at radius 3 is 2.74 bits per heavy atom. The summed E-state index contributed by atoms with van der Waals surface area (Å²) in [7, 11) is 3.33. The van der Waals surface area contributed by atoms with Crippen molar-refractivity contribution in [3.05, 3.63) is 59.8 Å². The maximum Gasteiger partial charge on any atom is 0.416 e. The number of hydrogen-bond donors (Lipinski definition) is 1. The fourth-order valence-corrected chi connectivity index (χ4v) is 3.38. The maximum absolute atomic E-state index is 13.1. The largest absolute Gasteiger partial charge is 0.489 e. The Bertz CT molecular complexity index is 1030. The molecule has 11 heteroatoms. The van der Waals surface area contributed by atoms with Crippen LogP contribution in [0, 0.1) is 0 Å². The lowest BCUT2D eigenvalue weighted by Crippen LogP contribution is -2.15. The molecule has 0 aliphatic carbocycles. The first-order chi connectivity index (χ1) is 14.8. The molecule has 0 unspecified atom stereocenters. The Morgan fingerprint density at radius 2 is 2.06 bits per heavy atom. The summed E-state index contributed by atoms with van der Waals surface area (Å²) in [6.07, 6.45) is -1.08. The first-order valence-electron chi connectivity index (χ1n) is 9.11. The zero-order chi connectivity index (χ0) is 22.4. The summed E-state index contributed by atoms with van der Waals surface area (Å²) in [5.41, 5.74) is -1.02. The van der Waals surface area contributed by atoms with Gasteiger partial charge in [-0.2, -0.15) is 13.2 Å². The number of carbonyl (C=O) groups is 1. The number of thioether (sulfide) groups is 1. The summed E-state index contributed by atoms with van der Waals surface area (Å²) < 4.78 is 57.0. The molecule has 3 aromatic rings. The van der Waals surface area contributed by atoms with Crippen LogP contribution in [-0.4, -0.2) is 35.8 Å². The van der Waals surface area contributed by atoms with Gasteiger partial charge < -0.3 is 23.8 Å². The number of furan rings is 1. The van der Waals surface area contributed by atoms with Crippen LogP contribution in [0.25, 0.3) is 0 Å². The van der Waals surface area contributed by atoms with Crippen LogP contribution in [0.3, 0.4) is 0 Å². The zero-order valence-electron chi connectivity index (χ0n) is 16.7. The van der Waals surface area contributed by atoms with Crippen molar-refractivity contribution in [2.45, 2.75) is 17.1 Å². The van der Waals surface area contributed by atoms with Crippen molar-refractivity contribution in [1.82, 2.24) is 9.55 Å². The lowest BCUT2D eigenvalue weighted by molar-refractivity contribution is -0.137. The highest BCUT2D eigenvalue weighted by Crippen LogP contribution is 2.35. The number of carbonyl (C=O) groups excluding carboxylic acids is 1. The van der Waals surface area contributed by atoms with Crippen LogP contribution in [0.1, 0.15) is 21.9 Å². The van der Waals surface area contributed by atoms with Crippen molar-refractivity contribution in [3.63, 3.8) is 0 Å². The van der Waals surface area contributed by atoms with Gasteiger partial charge in [0.05, 0.1) is 23.6 Å². The lowest BCUT2D eigenvalue weighted by atomic mass is 10.1. The Morgan fingerprint density at radius 1 is 1.26 bits per heavy atom. The number of methoxy groups -OCH3 is 1. The molecular weight excluding hydrogens is 435 g/mol. The van der Waals surface area contributed by atoms with Crippen LogP contribution in [0.2, 0.25) is 0 Å². The van der Waals surface area contributed by atoms with E-state index >= 15 is 0 Å². The molecule has 0 radical (unpaired) electrons. The predicted molar refractivity (Wildman–Crippen MR) is 108 cm³/mol. The fraction of sp³-hybridized carbons (Fsp3) is 0.300. The highest BCUT2D eigenvalue weighted by molar-refractivity contribution is 7.98. The van der Waals surface area contributed by atoms with Gasteiger partial charge >= 0.3 is 6.18 Å². The number of aryl methyl sites for hydroxylation is 1. The van der Waals surface area contributed by atoms with Gasteiger partial charge in [-0.3, -0.25) is 4.79 Å². The van der Waals surface area contributed by atoms with E-state index in [2.05, 4.69) is 10.3 Å². The third kappa shape index (κ3) is 6.05. The molecule has 0 aliphatic rings. The first-order valence-corrected chi connectivity index (χ1v) is 10.1. The number of alkyl halides is 3. The average Bonchev–Trinajstić information content (AvgIpc) is 3.35. The van der Waals surface area contributed by atoms with Crippen LogP contribution < -0.4 is 10.1 Å². The van der Waals surface area contributed by atoms with Crippen LogP contribution in [-0.2, 0) is 23.7 Å². The fourth-order valence-electron chi connectivity index (χ4n) is 2.55. The molecule has 0 fully saturated rings. The highest BCUT2D eigenvalue weighted by Gasteiger charge is 2.31. The molecule has 2 aromatic heterocycles. The topological polar surface area (TPSA) is 78.5 Å². The smallest absolute Gasteiger partial charge is 0.416 e. The molecule has 3 rings (SSSR count). The predicted octanol–water partition coefficient (Wildman–Crippen LogP) is 4.60. The molecule has 2 heterocycles. The van der Waals surface area contributed by atoms with Gasteiger partial charge in [0.25, 0.3) is 5.91 Å². The van der Waals surface area contributed by atoms with E-state index in [1.54, 1.807) is 12.3 Å². The van der Waals surface area contributed by atoms with Gasteiger partial charge in [-0.15, -0.1) is 0 Å². The highest BCUT2D eigenvalue weighted by atomic mass is 32.2. The van der Waals surface area contributed by atoms with Gasteiger partial charge in [0.1, 0.15) is 18.1 Å². The number of nitrogens with one attached hydrogen (secondary N) is 1. The van der Waals surface area contributed by atoms with E-state index in [0.717, 1.165) is 23.4 Å². The number of ether oxygens (including phenoxy) is 2. The molecule has 0 atom stereocenters. The average molecular weight is 455 g/mol. The summed E-state index contributed by atoms with van der Waals surface area (Å²) in [5, 5.41) is 3.22. The summed E-state index contributed by atoms with van der Waals surface area (Å²) in [6, 6.07) is 5.96. The number of rotatable bonds is 9. The molecule has 1 aromatic carbocycles. The number of aromatic nitrogens is 2. The van der Waals surface area contributed by atoms with Crippen molar-refractivity contribution in [3.8, 4) is 5.75 Å². The Hall–Kier alpha value is -2.92. The minimum absolute atomic E-state index is 0.0318. The summed E-state index contributed by atoms with van der Waals surface area (Å²) in [6.45, 7) is 0.351. The van der Waals surface area contributed by atoms with Crippen molar-refractivity contribution < 1.29 is 31.9 Å². The van der Waals surface area contributed by atoms with E-state index < -0.39 is 17.6 Å². The number of amides is 1. The molecular formula is C20H20F3N3O4S. The SMILES string of the molecule is COCCOc1ccc(C(F)(F)F)cc1NC(=O)c1ccc(CSc2nccn2C)o1. The normalized spacial score (nSPS) is 11.5. The van der Waals surface area contributed by atoms with Gasteiger partial charge in [-0.25, -0.2) is 4.98 Å². The van der Waals surface area contributed by atoms with Gasteiger partial charge in [0.15, 0.2) is 10.9 Å². The zero-order valence-corrected chi connectivity index (χ0v) is 17.5. The molecule has 1 N–H and O–H groups in total. The third-order valence-corrected chi connectivity index (χ3v) is 5.19.